The normalized spacial score (nSPS) is 18.2. The van der Waals surface area contributed by atoms with Gasteiger partial charge in [0.2, 0.25) is 5.91 Å². The van der Waals surface area contributed by atoms with Gasteiger partial charge in [-0.25, -0.2) is 8.42 Å². The third-order valence-corrected chi connectivity index (χ3v) is 7.83. The number of nitrogens with zero attached hydrogens (tertiary/aromatic N) is 2. The summed E-state index contributed by atoms with van der Waals surface area (Å²) in [5, 5.41) is 15.3. The van der Waals surface area contributed by atoms with E-state index in [0.29, 0.717) is 19.4 Å². The first-order valence-electron chi connectivity index (χ1n) is 8.07. The predicted octanol–water partition coefficient (Wildman–Crippen LogP) is 3.35. The molecule has 11 heteroatoms. The number of thiophene rings is 1. The number of carbonyl (C=O) groups is 1. The Balaban J connectivity index is 1.74. The Hall–Kier alpha value is -2.01. The molecule has 0 spiro atoms. The van der Waals surface area contributed by atoms with Crippen LogP contribution >= 0.6 is 22.9 Å². The largest absolute Gasteiger partial charge is 0.324 e. The Kier molecular flexibility index (Phi) is 5.80. The quantitative estimate of drug-likeness (QED) is 0.578. The summed E-state index contributed by atoms with van der Waals surface area (Å²) >= 11 is 7.14. The molecule has 1 atom stereocenters. The minimum Gasteiger partial charge on any atom is -0.324 e. The van der Waals surface area contributed by atoms with Gasteiger partial charge in [0.1, 0.15) is 4.21 Å². The lowest BCUT2D eigenvalue weighted by Gasteiger charge is -2.30. The fourth-order valence-corrected chi connectivity index (χ4v) is 5.70. The van der Waals surface area contributed by atoms with Crippen LogP contribution in [0.1, 0.15) is 12.8 Å². The molecule has 3 rings (SSSR count). The van der Waals surface area contributed by atoms with E-state index < -0.39 is 26.8 Å². The molecule has 1 amide bonds. The number of nitro benzene ring substituents is 1. The second kappa shape index (κ2) is 7.93. The molecule has 0 bridgehead atoms. The summed E-state index contributed by atoms with van der Waals surface area (Å²) in [7, 11) is -3.63. The highest BCUT2D eigenvalue weighted by atomic mass is 35.5. The van der Waals surface area contributed by atoms with Crippen LogP contribution in [0.3, 0.4) is 0 Å². The number of non-ortho nitro benzene ring substituents is 1. The van der Waals surface area contributed by atoms with Gasteiger partial charge in [0.15, 0.2) is 0 Å². The topological polar surface area (TPSA) is 110 Å². The van der Waals surface area contributed by atoms with E-state index in [1.165, 1.54) is 28.6 Å². The first-order chi connectivity index (χ1) is 12.8. The number of hydrogen-bond acceptors (Lipinski definition) is 6. The Morgan fingerprint density at radius 2 is 2.15 bits per heavy atom. The number of nitrogens with one attached hydrogen (secondary N) is 1. The molecule has 1 fully saturated rings. The minimum atomic E-state index is -3.63. The van der Waals surface area contributed by atoms with Crippen molar-refractivity contribution in [3.05, 3.63) is 50.8 Å². The van der Waals surface area contributed by atoms with E-state index in [1.54, 1.807) is 11.4 Å². The molecular formula is C16H16ClN3O5S2. The lowest BCUT2D eigenvalue weighted by atomic mass is 9.98. The molecule has 0 saturated carbocycles. The van der Waals surface area contributed by atoms with Crippen LogP contribution in [0.15, 0.2) is 39.9 Å². The molecule has 1 saturated heterocycles. The van der Waals surface area contributed by atoms with Gasteiger partial charge in [-0.15, -0.1) is 11.3 Å². The molecule has 1 aliphatic rings. The van der Waals surface area contributed by atoms with Crippen LogP contribution < -0.4 is 5.32 Å². The SMILES string of the molecule is O=C(Nc1cc([N+](=O)[O-])ccc1Cl)[C@H]1CCCN(S(=O)(=O)c2cccs2)C1. The van der Waals surface area contributed by atoms with E-state index in [1.807, 2.05) is 0 Å². The number of rotatable bonds is 5. The maximum atomic E-state index is 12.7. The Labute approximate surface area is 165 Å². The molecule has 1 aromatic heterocycles. The summed E-state index contributed by atoms with van der Waals surface area (Å²) in [6, 6.07) is 6.96. The summed E-state index contributed by atoms with van der Waals surface area (Å²) in [6.07, 6.45) is 1.07. The van der Waals surface area contributed by atoms with Crippen LogP contribution in [0.5, 0.6) is 0 Å². The number of anilines is 1. The average molecular weight is 430 g/mol. The van der Waals surface area contributed by atoms with Crippen molar-refractivity contribution in [3.8, 4) is 0 Å². The Bertz CT molecular complexity index is 962. The number of benzene rings is 1. The molecule has 1 aromatic carbocycles. The van der Waals surface area contributed by atoms with Crippen LogP contribution in [0.4, 0.5) is 11.4 Å². The van der Waals surface area contributed by atoms with E-state index in [4.69, 9.17) is 11.6 Å². The molecule has 27 heavy (non-hydrogen) atoms. The van der Waals surface area contributed by atoms with Crippen molar-refractivity contribution < 1.29 is 18.1 Å². The number of piperidine rings is 1. The fourth-order valence-electron chi connectivity index (χ4n) is 2.87. The maximum Gasteiger partial charge on any atom is 0.271 e. The third kappa shape index (κ3) is 4.29. The molecular weight excluding hydrogens is 414 g/mol. The van der Waals surface area contributed by atoms with Crippen LogP contribution in [0, 0.1) is 16.0 Å². The minimum absolute atomic E-state index is 0.0542. The van der Waals surface area contributed by atoms with E-state index in [9.17, 15) is 23.3 Å². The smallest absolute Gasteiger partial charge is 0.271 e. The van der Waals surface area contributed by atoms with E-state index in [-0.39, 0.29) is 27.2 Å². The van der Waals surface area contributed by atoms with Crippen LogP contribution in [-0.2, 0) is 14.8 Å². The van der Waals surface area contributed by atoms with E-state index in [0.717, 1.165) is 11.3 Å². The zero-order chi connectivity index (χ0) is 19.6. The van der Waals surface area contributed by atoms with Crippen molar-refractivity contribution in [1.82, 2.24) is 4.31 Å². The zero-order valence-electron chi connectivity index (χ0n) is 14.0. The predicted molar refractivity (Wildman–Crippen MR) is 103 cm³/mol. The molecule has 0 aliphatic carbocycles. The van der Waals surface area contributed by atoms with E-state index in [2.05, 4.69) is 5.32 Å². The molecule has 1 N–H and O–H groups in total. The summed E-state index contributed by atoms with van der Waals surface area (Å²) in [5.74, 6) is -0.979. The van der Waals surface area contributed by atoms with Crippen molar-refractivity contribution in [2.24, 2.45) is 5.92 Å². The Morgan fingerprint density at radius 3 is 2.81 bits per heavy atom. The second-order valence-corrected chi connectivity index (χ2v) is 9.56. The van der Waals surface area contributed by atoms with Gasteiger partial charge >= 0.3 is 0 Å². The highest BCUT2D eigenvalue weighted by Gasteiger charge is 2.34. The fraction of sp³-hybridized carbons (Fsp3) is 0.312. The standard InChI is InChI=1S/C16H16ClN3O5S2/c17-13-6-5-12(20(22)23)9-14(13)18-16(21)11-3-1-7-19(10-11)27(24,25)15-4-2-8-26-15/h2,4-6,8-9,11H,1,3,7,10H2,(H,18,21)/t11-/m0/s1. The molecule has 0 radical (unpaired) electrons. The number of carbonyl (C=O) groups excluding carboxylic acids is 1. The third-order valence-electron chi connectivity index (χ3n) is 4.26. The molecule has 144 valence electrons. The Morgan fingerprint density at radius 1 is 1.37 bits per heavy atom. The van der Waals surface area contributed by atoms with E-state index >= 15 is 0 Å². The number of amides is 1. The van der Waals surface area contributed by atoms with Crippen molar-refractivity contribution in [2.75, 3.05) is 18.4 Å². The van der Waals surface area contributed by atoms with Crippen LogP contribution in [0.2, 0.25) is 5.02 Å². The highest BCUT2D eigenvalue weighted by molar-refractivity contribution is 7.91. The van der Waals surface area contributed by atoms with Crippen molar-refractivity contribution in [1.29, 1.82) is 0 Å². The van der Waals surface area contributed by atoms with Crippen LogP contribution in [-0.4, -0.2) is 36.6 Å². The van der Waals surface area contributed by atoms with Gasteiger partial charge in [-0.3, -0.25) is 14.9 Å². The second-order valence-electron chi connectivity index (χ2n) is 6.04. The molecule has 2 aromatic rings. The maximum absolute atomic E-state index is 12.7. The van der Waals surface area contributed by atoms with Gasteiger partial charge in [-0.1, -0.05) is 17.7 Å². The van der Waals surface area contributed by atoms with Gasteiger partial charge in [0.25, 0.3) is 15.7 Å². The number of halogens is 1. The summed E-state index contributed by atoms with van der Waals surface area (Å²) < 4.78 is 26.9. The monoisotopic (exact) mass is 429 g/mol. The average Bonchev–Trinajstić information content (AvgIpc) is 3.19. The molecule has 8 nitrogen and oxygen atoms in total. The van der Waals surface area contributed by atoms with Crippen LogP contribution in [0.25, 0.3) is 0 Å². The van der Waals surface area contributed by atoms with Crippen molar-refractivity contribution in [3.63, 3.8) is 0 Å². The lowest BCUT2D eigenvalue weighted by Crippen LogP contribution is -2.43. The van der Waals surface area contributed by atoms with Gasteiger partial charge < -0.3 is 5.32 Å². The number of nitro groups is 1. The molecule has 1 aliphatic heterocycles. The first kappa shape index (κ1) is 19.7. The lowest BCUT2D eigenvalue weighted by molar-refractivity contribution is -0.384. The molecule has 2 heterocycles. The highest BCUT2D eigenvalue weighted by Crippen LogP contribution is 2.30. The number of sulfonamides is 1. The van der Waals surface area contributed by atoms with Crippen molar-refractivity contribution in [2.45, 2.75) is 17.1 Å². The van der Waals surface area contributed by atoms with Gasteiger partial charge in [-0.05, 0) is 30.4 Å². The van der Waals surface area contributed by atoms with Crippen molar-refractivity contribution >= 4 is 50.2 Å². The molecule has 0 unspecified atom stereocenters. The van der Waals surface area contributed by atoms with Gasteiger partial charge in [0, 0.05) is 25.2 Å². The van der Waals surface area contributed by atoms with Gasteiger partial charge in [-0.2, -0.15) is 4.31 Å². The zero-order valence-corrected chi connectivity index (χ0v) is 16.4. The number of hydrogen-bond donors (Lipinski definition) is 1. The summed E-state index contributed by atoms with van der Waals surface area (Å²) in [4.78, 5) is 22.9. The summed E-state index contributed by atoms with van der Waals surface area (Å²) in [6.45, 7) is 0.403. The van der Waals surface area contributed by atoms with Gasteiger partial charge in [0.05, 0.1) is 21.6 Å². The summed E-state index contributed by atoms with van der Waals surface area (Å²) in [5.41, 5.74) is -0.0608. The first-order valence-corrected chi connectivity index (χ1v) is 10.8.